The van der Waals surface area contributed by atoms with Crippen molar-refractivity contribution in [3.05, 3.63) is 146 Å². The summed E-state index contributed by atoms with van der Waals surface area (Å²) in [6.07, 6.45) is 8.52. The second-order valence-corrected chi connectivity index (χ2v) is 17.8. The van der Waals surface area contributed by atoms with E-state index in [4.69, 9.17) is 26.8 Å². The first-order valence-corrected chi connectivity index (χ1v) is 23.4. The molecule has 0 atom stereocenters. The van der Waals surface area contributed by atoms with Crippen molar-refractivity contribution in [2.45, 2.75) is 26.7 Å². The van der Waals surface area contributed by atoms with Crippen LogP contribution in [0.5, 0.6) is 0 Å². The number of fused-ring (bicyclic) bond motifs is 2. The Morgan fingerprint density at radius 1 is 0.652 bits per heavy atom. The molecule has 0 aliphatic rings. The van der Waals surface area contributed by atoms with Crippen LogP contribution in [-0.4, -0.2) is 84.5 Å². The van der Waals surface area contributed by atoms with E-state index < -0.39 is 23.3 Å². The molecule has 0 unspecified atom stereocenters. The van der Waals surface area contributed by atoms with Crippen molar-refractivity contribution >= 4 is 94.0 Å². The summed E-state index contributed by atoms with van der Waals surface area (Å²) in [6.45, 7) is 6.55. The van der Waals surface area contributed by atoms with Gasteiger partial charge in [0.05, 0.1) is 66.7 Å². The summed E-state index contributed by atoms with van der Waals surface area (Å²) >= 11 is 13.0. The second kappa shape index (κ2) is 24.5. The van der Waals surface area contributed by atoms with Crippen molar-refractivity contribution < 1.29 is 27.0 Å². The van der Waals surface area contributed by atoms with Gasteiger partial charge in [0, 0.05) is 118 Å². The van der Waals surface area contributed by atoms with E-state index in [-0.39, 0.29) is 26.8 Å². The van der Waals surface area contributed by atoms with E-state index >= 15 is 4.39 Å². The van der Waals surface area contributed by atoms with Crippen LogP contribution in [0.2, 0.25) is 5.02 Å². The van der Waals surface area contributed by atoms with E-state index in [1.807, 2.05) is 61.2 Å². The lowest BCUT2D eigenvalue weighted by molar-refractivity contribution is 0.196. The maximum Gasteiger partial charge on any atom is 0.152 e. The van der Waals surface area contributed by atoms with Crippen LogP contribution in [0.25, 0.3) is 44.6 Å². The molecule has 0 amide bonds. The highest BCUT2D eigenvalue weighted by Gasteiger charge is 2.21. The normalized spacial score (nSPS) is 10.9. The molecule has 6 aromatic heterocycles. The number of nitrogen functional groups attached to an aromatic ring is 1. The molecule has 0 spiro atoms. The third-order valence-electron chi connectivity index (χ3n) is 10.6. The maximum absolute atomic E-state index is 15.1. The highest BCUT2D eigenvalue weighted by atomic mass is 79.9. The fourth-order valence-electron chi connectivity index (χ4n) is 7.26. The van der Waals surface area contributed by atoms with Crippen LogP contribution in [0.1, 0.15) is 24.0 Å². The van der Waals surface area contributed by atoms with Crippen LogP contribution in [0.15, 0.2) is 107 Å². The number of halogens is 7. The number of nitrogens with two attached hydrogens (primary N) is 1. The Bertz CT molecular complexity index is 3040. The van der Waals surface area contributed by atoms with Crippen LogP contribution in [0.4, 0.5) is 46.3 Å². The molecule has 19 heteroatoms. The fourth-order valence-corrected chi connectivity index (χ4v) is 8.22. The highest BCUT2D eigenvalue weighted by molar-refractivity contribution is 9.10. The van der Waals surface area contributed by atoms with Crippen LogP contribution in [0.3, 0.4) is 0 Å². The Labute approximate surface area is 419 Å². The van der Waals surface area contributed by atoms with Gasteiger partial charge in [0.1, 0.15) is 23.3 Å². The van der Waals surface area contributed by atoms with Gasteiger partial charge in [0.25, 0.3) is 0 Å². The van der Waals surface area contributed by atoms with Gasteiger partial charge in [-0.25, -0.2) is 37.5 Å². The number of ether oxygens (including phenoxy) is 2. The summed E-state index contributed by atoms with van der Waals surface area (Å²) < 4.78 is 68.2. The van der Waals surface area contributed by atoms with E-state index in [0.717, 1.165) is 59.0 Å². The number of hydrogen-bond donors (Lipinski definition) is 2. The van der Waals surface area contributed by atoms with Crippen molar-refractivity contribution in [3.8, 4) is 22.8 Å². The predicted octanol–water partition coefficient (Wildman–Crippen LogP) is 12.7. The molecule has 6 heterocycles. The minimum absolute atomic E-state index is 0.130. The molecule has 0 aliphatic heterocycles. The van der Waals surface area contributed by atoms with Gasteiger partial charge in [-0.15, -0.1) is 0 Å². The first kappa shape index (κ1) is 52.3. The van der Waals surface area contributed by atoms with Crippen LogP contribution in [-0.2, 0) is 9.47 Å². The molecule has 0 bridgehead atoms. The van der Waals surface area contributed by atoms with Crippen molar-refractivity contribution in [2.24, 2.45) is 0 Å². The third-order valence-corrected chi connectivity index (χ3v) is 11.9. The molecule has 360 valence electrons. The summed E-state index contributed by atoms with van der Waals surface area (Å²) in [5, 5.41) is 3.93. The first-order valence-electron chi connectivity index (χ1n) is 21.4. The third kappa shape index (κ3) is 13.2. The molecular formula is C50H49Br2ClF4N10O2. The Kier molecular flexibility index (Phi) is 18.6. The summed E-state index contributed by atoms with van der Waals surface area (Å²) in [5.41, 5.74) is 11.7. The number of aromatic nitrogens is 6. The molecule has 2 aromatic carbocycles. The van der Waals surface area contributed by atoms with E-state index in [1.54, 1.807) is 64.1 Å². The van der Waals surface area contributed by atoms with E-state index in [0.29, 0.717) is 69.9 Å². The van der Waals surface area contributed by atoms with Crippen molar-refractivity contribution in [1.82, 2.24) is 29.9 Å². The number of anilines is 5. The molecular weight excluding hydrogens is 1040 g/mol. The fraction of sp³-hybridized carbons (Fsp3) is 0.240. The van der Waals surface area contributed by atoms with Crippen LogP contribution in [0, 0.1) is 37.1 Å². The molecule has 0 fully saturated rings. The van der Waals surface area contributed by atoms with Crippen molar-refractivity contribution in [2.75, 3.05) is 75.5 Å². The molecule has 3 N–H and O–H groups in total. The largest absolute Gasteiger partial charge is 0.396 e. The lowest BCUT2D eigenvalue weighted by Crippen LogP contribution is -2.22. The van der Waals surface area contributed by atoms with Gasteiger partial charge in [-0.3, -0.25) is 9.97 Å². The Morgan fingerprint density at radius 2 is 1.14 bits per heavy atom. The molecule has 8 aromatic rings. The van der Waals surface area contributed by atoms with Gasteiger partial charge >= 0.3 is 0 Å². The molecule has 8 rings (SSSR count). The quantitative estimate of drug-likeness (QED) is 0.0791. The van der Waals surface area contributed by atoms with Gasteiger partial charge in [-0.05, 0) is 101 Å². The van der Waals surface area contributed by atoms with E-state index in [1.165, 1.54) is 6.07 Å². The number of pyridine rings is 6. The number of rotatable bonds is 14. The smallest absolute Gasteiger partial charge is 0.152 e. The van der Waals surface area contributed by atoms with Gasteiger partial charge in [0.15, 0.2) is 11.6 Å². The number of nitrogens with one attached hydrogen (secondary N) is 1. The number of hydrogen-bond acceptors (Lipinski definition) is 12. The molecule has 12 nitrogen and oxygen atoms in total. The average Bonchev–Trinajstić information content (AvgIpc) is 3.31. The number of methoxy groups -OCH3 is 2. The lowest BCUT2D eigenvalue weighted by atomic mass is 10.0. The molecule has 0 saturated carbocycles. The SMILES string of the molecule is COCCCN(C)c1ncc(Br)cc1N.COCCCN(C)c1ncc(Br)cc1Nc1c(C)c(-c2ccccn2)nc2cc(F)cc(F)c12.Cc1c(-c2ccccn2)nc2cc(F)cc(F)c2c1Cl. The topological polar surface area (TPSA) is 140 Å². The average molecular weight is 1090 g/mol. The molecule has 0 radical (unpaired) electrons. The monoisotopic (exact) mass is 1090 g/mol. The number of nitrogens with zero attached hydrogens (tertiary/aromatic N) is 8. The summed E-state index contributed by atoms with van der Waals surface area (Å²) in [5.74, 6) is -1.29. The lowest BCUT2D eigenvalue weighted by Gasteiger charge is -2.23. The minimum atomic E-state index is -0.715. The Hall–Kier alpha value is -6.05. The zero-order chi connectivity index (χ0) is 49.8. The van der Waals surface area contributed by atoms with Gasteiger partial charge in [-0.2, -0.15) is 0 Å². The Morgan fingerprint density at radius 3 is 1.67 bits per heavy atom. The standard InChI is InChI=1S/C25H24BrF2N5O.C15H9ClF2N2.C10H16BrN3O/c1-15-23(19-7-4-5-8-29-19)31-20-13-17(27)12-18(28)22(20)24(15)32-21-11-16(26)14-30-25(21)33(2)9-6-10-34-3;1-8-14(16)13-10(18)6-9(17)7-12(13)20-15(8)11-4-2-3-5-19-11;1-14(4-3-5-15-2)10-9(12)6-8(11)7-13-10/h4-5,7-8,11-14H,6,9-10H2,1-3H3,(H,31,32);2-7H,1H3;6-7H,3-5,12H2,1-2H3. The molecule has 0 saturated heterocycles. The highest BCUT2D eigenvalue weighted by Crippen LogP contribution is 2.39. The van der Waals surface area contributed by atoms with Gasteiger partial charge in [-0.1, -0.05) is 23.7 Å². The summed E-state index contributed by atoms with van der Waals surface area (Å²) in [7, 11) is 7.27. The van der Waals surface area contributed by atoms with Crippen molar-refractivity contribution in [3.63, 3.8) is 0 Å². The maximum atomic E-state index is 15.1. The first-order chi connectivity index (χ1) is 33.1. The number of benzene rings is 2. The minimum Gasteiger partial charge on any atom is -0.396 e. The van der Waals surface area contributed by atoms with Crippen LogP contribution >= 0.6 is 43.5 Å². The summed E-state index contributed by atoms with van der Waals surface area (Å²) in [4.78, 5) is 30.3. The summed E-state index contributed by atoms with van der Waals surface area (Å²) in [6, 6.07) is 18.6. The molecule has 0 aliphatic carbocycles. The van der Waals surface area contributed by atoms with Crippen molar-refractivity contribution in [1.29, 1.82) is 0 Å². The molecule has 69 heavy (non-hydrogen) atoms. The Balaban J connectivity index is 0.000000189. The van der Waals surface area contributed by atoms with E-state index in [2.05, 4.69) is 67.1 Å². The zero-order valence-corrected chi connectivity index (χ0v) is 42.5. The van der Waals surface area contributed by atoms with Gasteiger partial charge < -0.3 is 30.3 Å². The zero-order valence-electron chi connectivity index (χ0n) is 38.6. The van der Waals surface area contributed by atoms with Crippen LogP contribution < -0.4 is 20.9 Å². The van der Waals surface area contributed by atoms with E-state index in [9.17, 15) is 13.2 Å². The second-order valence-electron chi connectivity index (χ2n) is 15.6. The van der Waals surface area contributed by atoms with Gasteiger partial charge in [0.2, 0.25) is 0 Å². The predicted molar refractivity (Wildman–Crippen MR) is 275 cm³/mol.